The number of nitrogens with zero attached hydrogens (tertiary/aromatic N) is 1. The lowest BCUT2D eigenvalue weighted by molar-refractivity contribution is -0.138. The van der Waals surface area contributed by atoms with Crippen molar-refractivity contribution in [1.29, 1.82) is 0 Å². The molecule has 2 aromatic rings. The third-order valence-corrected chi connectivity index (χ3v) is 7.43. The van der Waals surface area contributed by atoms with Crippen LogP contribution in [-0.2, 0) is 10.2 Å². The molecule has 3 nitrogen and oxygen atoms in total. The van der Waals surface area contributed by atoms with Gasteiger partial charge in [0.2, 0.25) is 0 Å². The van der Waals surface area contributed by atoms with Crippen LogP contribution in [0.25, 0.3) is 0 Å². The Bertz CT molecular complexity index is 982. The first-order valence-electron chi connectivity index (χ1n) is 10.9. The molecule has 1 unspecified atom stereocenters. The van der Waals surface area contributed by atoms with Crippen molar-refractivity contribution in [3.8, 4) is 17.6 Å². The second kappa shape index (κ2) is 9.71. The van der Waals surface area contributed by atoms with Crippen LogP contribution in [0.1, 0.15) is 75.6 Å². The molecule has 1 atom stereocenters. The Morgan fingerprint density at radius 3 is 2.67 bits per heavy atom. The van der Waals surface area contributed by atoms with E-state index < -0.39 is 0 Å². The van der Waals surface area contributed by atoms with Gasteiger partial charge in [0.15, 0.2) is 0 Å². The molecule has 1 aliphatic rings. The van der Waals surface area contributed by atoms with E-state index in [0.717, 1.165) is 30.4 Å². The summed E-state index contributed by atoms with van der Waals surface area (Å²) < 4.78 is 5.44. The molecule has 4 heteroatoms. The van der Waals surface area contributed by atoms with Gasteiger partial charge in [-0.1, -0.05) is 39.5 Å². The number of fused-ring (bicyclic) bond motifs is 1. The van der Waals surface area contributed by atoms with Crippen LogP contribution in [0.15, 0.2) is 35.5 Å². The van der Waals surface area contributed by atoms with Crippen molar-refractivity contribution in [3.63, 3.8) is 0 Å². The number of benzene rings is 1. The van der Waals surface area contributed by atoms with Gasteiger partial charge in [-0.2, -0.15) is 0 Å². The quantitative estimate of drug-likeness (QED) is 0.420. The summed E-state index contributed by atoms with van der Waals surface area (Å²) in [5.74, 6) is 7.83. The molecule has 158 valence electrons. The maximum atomic E-state index is 12.0. The van der Waals surface area contributed by atoms with Gasteiger partial charge in [0.25, 0.3) is 0 Å². The fourth-order valence-electron chi connectivity index (χ4n) is 3.89. The van der Waals surface area contributed by atoms with Gasteiger partial charge in [0, 0.05) is 22.2 Å². The number of hydrogen-bond acceptors (Lipinski definition) is 4. The normalized spacial score (nSPS) is 15.5. The molecule has 1 aromatic heterocycles. The molecule has 0 saturated heterocycles. The summed E-state index contributed by atoms with van der Waals surface area (Å²) in [6, 6.07) is 6.38. The van der Waals surface area contributed by atoms with Crippen LogP contribution >= 0.6 is 11.8 Å². The molecule has 0 fully saturated rings. The number of rotatable bonds is 5. The highest BCUT2D eigenvalue weighted by Crippen LogP contribution is 2.46. The van der Waals surface area contributed by atoms with E-state index in [0.29, 0.717) is 5.75 Å². The predicted molar refractivity (Wildman–Crippen MR) is 124 cm³/mol. The second-order valence-corrected chi connectivity index (χ2v) is 9.28. The highest BCUT2D eigenvalue weighted by atomic mass is 32.2. The largest absolute Gasteiger partial charge is 0.425 e. The van der Waals surface area contributed by atoms with Gasteiger partial charge in [-0.15, -0.1) is 11.8 Å². The van der Waals surface area contributed by atoms with Crippen molar-refractivity contribution in [2.75, 3.05) is 5.75 Å². The lowest BCUT2D eigenvalue weighted by atomic mass is 9.73. The number of thioether (sulfide) groups is 1. The fourth-order valence-corrected chi connectivity index (χ4v) is 5.30. The van der Waals surface area contributed by atoms with Gasteiger partial charge < -0.3 is 4.74 Å². The highest BCUT2D eigenvalue weighted by molar-refractivity contribution is 7.99. The summed E-state index contributed by atoms with van der Waals surface area (Å²) in [7, 11) is 0. The maximum Gasteiger partial charge on any atom is 0.314 e. The molecule has 0 saturated carbocycles. The fraction of sp³-hybridized carbons (Fsp3) is 0.462. The number of aromatic nitrogens is 1. The Labute approximate surface area is 185 Å². The van der Waals surface area contributed by atoms with Crippen molar-refractivity contribution >= 4 is 17.7 Å². The Balaban J connectivity index is 1.90. The van der Waals surface area contributed by atoms with Crippen molar-refractivity contribution in [3.05, 3.63) is 52.8 Å². The molecule has 0 amide bonds. The van der Waals surface area contributed by atoms with Crippen LogP contribution in [0.4, 0.5) is 0 Å². The van der Waals surface area contributed by atoms with Gasteiger partial charge in [-0.05, 0) is 73.1 Å². The van der Waals surface area contributed by atoms with E-state index in [1.54, 1.807) is 18.5 Å². The second-order valence-electron chi connectivity index (χ2n) is 8.14. The van der Waals surface area contributed by atoms with E-state index >= 15 is 0 Å². The summed E-state index contributed by atoms with van der Waals surface area (Å²) in [6.45, 7) is 10.6. The molecule has 2 heterocycles. The summed E-state index contributed by atoms with van der Waals surface area (Å²) in [6.07, 6.45) is 7.55. The van der Waals surface area contributed by atoms with Gasteiger partial charge in [0.1, 0.15) is 5.75 Å². The van der Waals surface area contributed by atoms with Gasteiger partial charge >= 0.3 is 5.97 Å². The standard InChI is InChI=1S/C26H31NO2S/c1-6-18(4)25(28)29-22-14-20(16-27-17-22)9-10-21-15-23-24(13-19(21)5)30-12-11-26(23,7-2)8-3/h13-18H,6-8,11-12H2,1-5H3. The third-order valence-electron chi connectivity index (χ3n) is 6.38. The number of carbonyl (C=O) groups is 1. The molecule has 1 aromatic carbocycles. The first-order chi connectivity index (χ1) is 14.4. The SMILES string of the molecule is CCC(C)C(=O)Oc1cncc(C#Cc2cc3c(cc2C)SCCC3(CC)CC)c1. The van der Waals surface area contributed by atoms with Crippen molar-refractivity contribution in [1.82, 2.24) is 4.98 Å². The summed E-state index contributed by atoms with van der Waals surface area (Å²) in [4.78, 5) is 17.7. The van der Waals surface area contributed by atoms with E-state index in [9.17, 15) is 4.79 Å². The van der Waals surface area contributed by atoms with Crippen molar-refractivity contribution < 1.29 is 9.53 Å². The summed E-state index contributed by atoms with van der Waals surface area (Å²) in [5, 5.41) is 0. The molecule has 0 spiro atoms. The first kappa shape index (κ1) is 22.4. The Kier molecular flexibility index (Phi) is 7.26. The number of esters is 1. The van der Waals surface area contributed by atoms with E-state index in [2.05, 4.69) is 49.7 Å². The Morgan fingerprint density at radius 1 is 1.20 bits per heavy atom. The van der Waals surface area contributed by atoms with E-state index in [4.69, 9.17) is 4.74 Å². The Hall–Kier alpha value is -2.25. The summed E-state index contributed by atoms with van der Waals surface area (Å²) >= 11 is 1.96. The molecule has 0 radical (unpaired) electrons. The van der Waals surface area contributed by atoms with Crippen LogP contribution in [-0.4, -0.2) is 16.7 Å². The number of carbonyl (C=O) groups excluding carboxylic acids is 1. The molecule has 1 aliphatic heterocycles. The van der Waals surface area contributed by atoms with Crippen molar-refractivity contribution in [2.24, 2.45) is 5.92 Å². The van der Waals surface area contributed by atoms with Crippen LogP contribution in [0.5, 0.6) is 5.75 Å². The Morgan fingerprint density at radius 2 is 1.97 bits per heavy atom. The van der Waals surface area contributed by atoms with Gasteiger partial charge in [-0.25, -0.2) is 0 Å². The predicted octanol–water partition coefficient (Wildman–Crippen LogP) is 6.29. The van der Waals surface area contributed by atoms with Gasteiger partial charge in [-0.3, -0.25) is 9.78 Å². The number of hydrogen-bond donors (Lipinski definition) is 0. The zero-order valence-corrected chi connectivity index (χ0v) is 19.5. The average molecular weight is 422 g/mol. The summed E-state index contributed by atoms with van der Waals surface area (Å²) in [5.41, 5.74) is 4.71. The smallest absolute Gasteiger partial charge is 0.314 e. The average Bonchev–Trinajstić information content (AvgIpc) is 2.76. The molecular weight excluding hydrogens is 390 g/mol. The van der Waals surface area contributed by atoms with E-state index in [1.165, 1.54) is 28.2 Å². The minimum atomic E-state index is -0.233. The number of ether oxygens (including phenoxy) is 1. The highest BCUT2D eigenvalue weighted by Gasteiger charge is 2.34. The number of aryl methyl sites for hydroxylation is 1. The lowest BCUT2D eigenvalue weighted by Gasteiger charge is -2.38. The maximum absolute atomic E-state index is 12.0. The van der Waals surface area contributed by atoms with E-state index in [1.807, 2.05) is 25.6 Å². The molecule has 0 aliphatic carbocycles. The number of pyridine rings is 1. The third kappa shape index (κ3) is 4.73. The molecule has 30 heavy (non-hydrogen) atoms. The van der Waals surface area contributed by atoms with Crippen LogP contribution < -0.4 is 4.74 Å². The van der Waals surface area contributed by atoms with Crippen LogP contribution in [0, 0.1) is 24.7 Å². The van der Waals surface area contributed by atoms with Crippen LogP contribution in [0.2, 0.25) is 0 Å². The monoisotopic (exact) mass is 421 g/mol. The van der Waals surface area contributed by atoms with Gasteiger partial charge in [0.05, 0.1) is 12.1 Å². The first-order valence-corrected chi connectivity index (χ1v) is 11.9. The zero-order valence-electron chi connectivity index (χ0n) is 18.7. The topological polar surface area (TPSA) is 39.2 Å². The van der Waals surface area contributed by atoms with E-state index in [-0.39, 0.29) is 17.3 Å². The molecular formula is C26H31NO2S. The van der Waals surface area contributed by atoms with Crippen molar-refractivity contribution in [2.45, 2.75) is 70.6 Å². The zero-order chi connectivity index (χ0) is 21.7. The molecule has 3 rings (SSSR count). The lowest BCUT2D eigenvalue weighted by Crippen LogP contribution is -2.29. The minimum Gasteiger partial charge on any atom is -0.425 e. The molecule has 0 bridgehead atoms. The molecule has 0 N–H and O–H groups in total. The minimum absolute atomic E-state index is 0.131. The van der Waals surface area contributed by atoms with Crippen LogP contribution in [0.3, 0.4) is 0 Å².